The number of pyridine rings is 1. The van der Waals surface area contributed by atoms with E-state index in [1.807, 2.05) is 36.4 Å². The first-order valence-corrected chi connectivity index (χ1v) is 8.54. The smallest absolute Gasteiger partial charge is 0.327 e. The molecule has 2 amide bonds. The lowest BCUT2D eigenvalue weighted by Crippen LogP contribution is -2.41. The van der Waals surface area contributed by atoms with Gasteiger partial charge >= 0.3 is 6.03 Å². The molecule has 0 saturated carbocycles. The highest BCUT2D eigenvalue weighted by Crippen LogP contribution is 2.33. The fourth-order valence-electron chi connectivity index (χ4n) is 2.91. The van der Waals surface area contributed by atoms with Crippen molar-refractivity contribution in [2.45, 2.75) is 6.92 Å². The first-order valence-electron chi connectivity index (χ1n) is 8.54. The highest BCUT2D eigenvalue weighted by atomic mass is 16.5. The monoisotopic (exact) mass is 345 g/mol. The minimum Gasteiger partial charge on any atom is -0.488 e. The van der Waals surface area contributed by atoms with Crippen LogP contribution in [0.3, 0.4) is 0 Å². The molecular weight excluding hydrogens is 326 g/mol. The summed E-state index contributed by atoms with van der Waals surface area (Å²) in [5.41, 5.74) is 4.00. The molecule has 0 unspecified atom stereocenters. The second-order valence-electron chi connectivity index (χ2n) is 6.21. The molecule has 1 aromatic heterocycles. The molecule has 4 rings (SSSR count). The molecule has 3 aromatic rings. The molecule has 130 valence electrons. The molecule has 2 heterocycles. The number of urea groups is 1. The summed E-state index contributed by atoms with van der Waals surface area (Å²) in [7, 11) is 0. The molecule has 1 aliphatic rings. The van der Waals surface area contributed by atoms with Crippen LogP contribution in [0, 0.1) is 6.92 Å². The van der Waals surface area contributed by atoms with Crippen LogP contribution in [0.15, 0.2) is 66.9 Å². The summed E-state index contributed by atoms with van der Waals surface area (Å²) >= 11 is 0. The van der Waals surface area contributed by atoms with Gasteiger partial charge in [-0.25, -0.2) is 9.78 Å². The zero-order valence-electron chi connectivity index (χ0n) is 14.5. The third-order valence-corrected chi connectivity index (χ3v) is 4.32. The Bertz CT molecular complexity index is 924. The Morgan fingerprint density at radius 1 is 1.08 bits per heavy atom. The topological polar surface area (TPSA) is 54.5 Å². The van der Waals surface area contributed by atoms with E-state index in [9.17, 15) is 4.79 Å². The molecule has 0 fully saturated rings. The van der Waals surface area contributed by atoms with E-state index >= 15 is 0 Å². The number of aryl methyl sites for hydroxylation is 1. The summed E-state index contributed by atoms with van der Waals surface area (Å²) < 4.78 is 5.76. The number of nitrogens with zero attached hydrogens (tertiary/aromatic N) is 2. The van der Waals surface area contributed by atoms with Crippen molar-refractivity contribution in [3.8, 4) is 16.9 Å². The maximum atomic E-state index is 12.6. The van der Waals surface area contributed by atoms with Crippen molar-refractivity contribution in [3.05, 3.63) is 72.4 Å². The number of hydrogen-bond acceptors (Lipinski definition) is 3. The molecule has 0 saturated heterocycles. The Morgan fingerprint density at radius 3 is 2.62 bits per heavy atom. The Kier molecular flexibility index (Phi) is 4.27. The highest BCUT2D eigenvalue weighted by molar-refractivity contribution is 6.02. The standard InChI is InChI=1S/C21H19N3O2/c1-15-7-9-16(10-8-15)17-13-19-20(22-14-17)24(11-12-26-19)21(25)23-18-5-3-2-4-6-18/h2-10,13-14H,11-12H2,1H3,(H,23,25). The first kappa shape index (κ1) is 16.1. The number of anilines is 2. The zero-order chi connectivity index (χ0) is 17.9. The van der Waals surface area contributed by atoms with Crippen molar-refractivity contribution in [2.24, 2.45) is 0 Å². The van der Waals surface area contributed by atoms with E-state index < -0.39 is 0 Å². The van der Waals surface area contributed by atoms with E-state index in [1.54, 1.807) is 11.1 Å². The highest BCUT2D eigenvalue weighted by Gasteiger charge is 2.25. The van der Waals surface area contributed by atoms with Crippen LogP contribution in [0.25, 0.3) is 11.1 Å². The molecule has 1 aliphatic heterocycles. The summed E-state index contributed by atoms with van der Waals surface area (Å²) in [6.07, 6.45) is 1.78. The number of hydrogen-bond donors (Lipinski definition) is 1. The van der Waals surface area contributed by atoms with Crippen molar-refractivity contribution in [2.75, 3.05) is 23.4 Å². The van der Waals surface area contributed by atoms with Gasteiger partial charge in [-0.15, -0.1) is 0 Å². The normalized spacial score (nSPS) is 12.9. The van der Waals surface area contributed by atoms with Crippen LogP contribution in [0.5, 0.6) is 5.75 Å². The zero-order valence-corrected chi connectivity index (χ0v) is 14.5. The van der Waals surface area contributed by atoms with Gasteiger partial charge in [0.05, 0.1) is 6.54 Å². The number of para-hydroxylation sites is 1. The number of aromatic nitrogens is 1. The first-order chi connectivity index (χ1) is 12.7. The van der Waals surface area contributed by atoms with E-state index in [0.717, 1.165) is 16.8 Å². The maximum absolute atomic E-state index is 12.6. The molecule has 2 aromatic carbocycles. The number of benzene rings is 2. The van der Waals surface area contributed by atoms with Crippen LogP contribution in [-0.4, -0.2) is 24.2 Å². The molecule has 0 radical (unpaired) electrons. The van der Waals surface area contributed by atoms with E-state index in [2.05, 4.69) is 41.5 Å². The second kappa shape index (κ2) is 6.88. The van der Waals surface area contributed by atoms with E-state index in [0.29, 0.717) is 24.7 Å². The van der Waals surface area contributed by atoms with Gasteiger partial charge in [-0.05, 0) is 30.7 Å². The minimum absolute atomic E-state index is 0.212. The summed E-state index contributed by atoms with van der Waals surface area (Å²) in [5, 5.41) is 2.90. The average molecular weight is 345 g/mol. The van der Waals surface area contributed by atoms with Gasteiger partial charge in [0.15, 0.2) is 11.6 Å². The van der Waals surface area contributed by atoms with E-state index in [4.69, 9.17) is 4.74 Å². The molecule has 5 heteroatoms. The Morgan fingerprint density at radius 2 is 1.85 bits per heavy atom. The van der Waals surface area contributed by atoms with E-state index in [1.165, 1.54) is 5.56 Å². The van der Waals surface area contributed by atoms with Gasteiger partial charge < -0.3 is 10.1 Å². The second-order valence-corrected chi connectivity index (χ2v) is 6.21. The van der Waals surface area contributed by atoms with Crippen LogP contribution in [0.1, 0.15) is 5.56 Å². The fraction of sp³-hybridized carbons (Fsp3) is 0.143. The van der Waals surface area contributed by atoms with Crippen molar-refractivity contribution in [1.29, 1.82) is 0 Å². The van der Waals surface area contributed by atoms with Crippen LogP contribution in [-0.2, 0) is 0 Å². The van der Waals surface area contributed by atoms with Gasteiger partial charge in [-0.2, -0.15) is 0 Å². The Balaban J connectivity index is 1.60. The van der Waals surface area contributed by atoms with E-state index in [-0.39, 0.29) is 6.03 Å². The summed E-state index contributed by atoms with van der Waals surface area (Å²) in [5.74, 6) is 1.16. The maximum Gasteiger partial charge on any atom is 0.327 e. The molecule has 5 nitrogen and oxygen atoms in total. The van der Waals surface area contributed by atoms with Crippen LogP contribution >= 0.6 is 0 Å². The SMILES string of the molecule is Cc1ccc(-c2cnc3c(c2)OCCN3C(=O)Nc2ccccc2)cc1. The van der Waals surface area contributed by atoms with Crippen molar-refractivity contribution in [3.63, 3.8) is 0 Å². The predicted molar refractivity (Wildman–Crippen MR) is 103 cm³/mol. The van der Waals surface area contributed by atoms with Gasteiger partial charge in [-0.3, -0.25) is 4.90 Å². The third kappa shape index (κ3) is 3.24. The quantitative estimate of drug-likeness (QED) is 0.744. The third-order valence-electron chi connectivity index (χ3n) is 4.32. The number of amides is 2. The van der Waals surface area contributed by atoms with Gasteiger partial charge in [0.1, 0.15) is 6.61 Å². The van der Waals surface area contributed by atoms with Crippen LogP contribution in [0.2, 0.25) is 0 Å². The summed E-state index contributed by atoms with van der Waals surface area (Å²) in [4.78, 5) is 18.8. The lowest BCUT2D eigenvalue weighted by Gasteiger charge is -2.28. The van der Waals surface area contributed by atoms with Gasteiger partial charge in [0.2, 0.25) is 0 Å². The fourth-order valence-corrected chi connectivity index (χ4v) is 2.91. The summed E-state index contributed by atoms with van der Waals surface area (Å²) in [6.45, 7) is 2.96. The number of nitrogens with one attached hydrogen (secondary N) is 1. The largest absolute Gasteiger partial charge is 0.488 e. The number of fused-ring (bicyclic) bond motifs is 1. The number of ether oxygens (including phenoxy) is 1. The molecule has 1 N–H and O–H groups in total. The lowest BCUT2D eigenvalue weighted by atomic mass is 10.1. The number of rotatable bonds is 2. The van der Waals surface area contributed by atoms with Crippen molar-refractivity contribution >= 4 is 17.5 Å². The Labute approximate surface area is 152 Å². The Hall–Kier alpha value is -3.34. The van der Waals surface area contributed by atoms with Gasteiger partial charge in [0, 0.05) is 17.4 Å². The summed E-state index contributed by atoms with van der Waals surface area (Å²) in [6, 6.07) is 19.4. The predicted octanol–water partition coefficient (Wildman–Crippen LogP) is 4.49. The molecule has 0 bridgehead atoms. The van der Waals surface area contributed by atoms with Crippen LogP contribution < -0.4 is 15.0 Å². The average Bonchev–Trinajstić information content (AvgIpc) is 2.68. The molecular formula is C21H19N3O2. The molecule has 0 spiro atoms. The van der Waals surface area contributed by atoms with Crippen LogP contribution in [0.4, 0.5) is 16.3 Å². The minimum atomic E-state index is -0.212. The number of carbonyl (C=O) groups is 1. The van der Waals surface area contributed by atoms with Crippen molar-refractivity contribution < 1.29 is 9.53 Å². The number of carbonyl (C=O) groups excluding carboxylic acids is 1. The van der Waals surface area contributed by atoms with Crippen molar-refractivity contribution in [1.82, 2.24) is 4.98 Å². The lowest BCUT2D eigenvalue weighted by molar-refractivity contribution is 0.249. The molecule has 0 atom stereocenters. The molecule has 26 heavy (non-hydrogen) atoms. The molecule has 0 aliphatic carbocycles. The van der Waals surface area contributed by atoms with Gasteiger partial charge in [-0.1, -0.05) is 48.0 Å². The van der Waals surface area contributed by atoms with Gasteiger partial charge in [0.25, 0.3) is 0 Å².